The molecule has 0 spiro atoms. The van der Waals surface area contributed by atoms with Crippen LogP contribution < -0.4 is 0 Å². The van der Waals surface area contributed by atoms with Crippen LogP contribution in [0.2, 0.25) is 0 Å². The normalized spacial score (nSPS) is 11.5. The zero-order chi connectivity index (χ0) is 4.83. The highest BCUT2D eigenvalue weighted by Gasteiger charge is 1.77. The van der Waals surface area contributed by atoms with Gasteiger partial charge in [0.2, 0.25) is 0 Å². The number of rotatable bonds is 0. The lowest BCUT2D eigenvalue weighted by Gasteiger charge is -1.29. The second kappa shape index (κ2) is 4.48. The molecule has 0 fully saturated rings. The first-order valence-corrected chi connectivity index (χ1v) is 1.96. The van der Waals surface area contributed by atoms with Crippen LogP contribution in [0.5, 0.6) is 0 Å². The van der Waals surface area contributed by atoms with E-state index in [1.165, 1.54) is 6.08 Å². The van der Waals surface area contributed by atoms with Crippen LogP contribution in [0.1, 0.15) is 13.3 Å². The van der Waals surface area contributed by atoms with Crippen molar-refractivity contribution in [1.82, 2.24) is 0 Å². The fourth-order valence-corrected chi connectivity index (χ4v) is 0. The highest BCUT2D eigenvalue weighted by atomic mass is 13.8. The summed E-state index contributed by atoms with van der Waals surface area (Å²) in [4.78, 5) is 0. The van der Waals surface area contributed by atoms with Gasteiger partial charge < -0.3 is 0 Å². The molecule has 0 aromatic carbocycles. The van der Waals surface area contributed by atoms with Crippen molar-refractivity contribution in [2.45, 2.75) is 13.3 Å². The van der Waals surface area contributed by atoms with Gasteiger partial charge in [-0.1, -0.05) is 18.7 Å². The van der Waals surface area contributed by atoms with E-state index in [4.69, 9.17) is 6.58 Å². The van der Waals surface area contributed by atoms with Crippen LogP contribution in [0.4, 0.5) is 0 Å². The zero-order valence-corrected chi connectivity index (χ0v) is 3.94. The molecule has 32 valence electrons. The minimum absolute atomic E-state index is 1.12. The van der Waals surface area contributed by atoms with E-state index < -0.39 is 0 Å². The van der Waals surface area contributed by atoms with Crippen LogP contribution in [-0.2, 0) is 0 Å². The minimum atomic E-state index is 1.12. The first kappa shape index (κ1) is 5.48. The second-order valence-corrected chi connectivity index (χ2v) is 0.946. The van der Waals surface area contributed by atoms with E-state index in [0.717, 1.165) is 6.42 Å². The first-order chi connectivity index (χ1) is 2.91. The van der Waals surface area contributed by atoms with Gasteiger partial charge in [0.25, 0.3) is 0 Å². The average molecular weight is 80.1 g/mol. The van der Waals surface area contributed by atoms with Gasteiger partial charge in [-0.3, -0.25) is 0 Å². The van der Waals surface area contributed by atoms with Gasteiger partial charge in [0.1, 0.15) is 0 Å². The Kier molecular flexibility index (Phi) is 4.09. The van der Waals surface area contributed by atoms with Gasteiger partial charge in [0.05, 0.1) is 0 Å². The van der Waals surface area contributed by atoms with Crippen LogP contribution in [0.25, 0.3) is 0 Å². The van der Waals surface area contributed by atoms with Crippen molar-refractivity contribution < 1.29 is 0 Å². The fourth-order valence-electron chi connectivity index (χ4n) is 0. The summed E-state index contributed by atoms with van der Waals surface area (Å²) in [5.41, 5.74) is 0. The van der Waals surface area contributed by atoms with E-state index >= 15 is 0 Å². The highest BCUT2D eigenvalue weighted by molar-refractivity contribution is 4.92. The van der Waals surface area contributed by atoms with E-state index in [-0.39, 0.29) is 0 Å². The summed E-state index contributed by atoms with van der Waals surface area (Å²) in [6.45, 7) is 6.50. The van der Waals surface area contributed by atoms with Crippen molar-refractivity contribution in [1.29, 1.82) is 0 Å². The van der Waals surface area contributed by atoms with Crippen molar-refractivity contribution in [3.8, 4) is 0 Å². The number of allylic oxidation sites excluding steroid dienone is 3. The molecule has 0 amide bonds. The van der Waals surface area contributed by atoms with Gasteiger partial charge in [0.15, 0.2) is 0 Å². The van der Waals surface area contributed by atoms with Crippen LogP contribution in [-0.4, -0.2) is 0 Å². The largest absolute Gasteiger partial charge is 0.0877 e. The van der Waals surface area contributed by atoms with E-state index in [1.807, 2.05) is 6.08 Å². The van der Waals surface area contributed by atoms with Crippen molar-refractivity contribution >= 4 is 0 Å². The van der Waals surface area contributed by atoms with Gasteiger partial charge in [-0.2, -0.15) is 0 Å². The fraction of sp³-hybridized carbons (Fsp3) is 0.333. The molecule has 0 saturated heterocycles. The smallest absolute Gasteiger partial charge is 0.00917 e. The van der Waals surface area contributed by atoms with Gasteiger partial charge in [-0.05, 0) is 19.4 Å². The molecule has 0 atom stereocenters. The molecule has 0 unspecified atom stereocenters. The van der Waals surface area contributed by atoms with Crippen molar-refractivity contribution in [3.05, 3.63) is 24.8 Å². The zero-order valence-electron chi connectivity index (χ0n) is 3.94. The standard InChI is InChI=1S/C3H3.C3H5/c1-2-3-1;1-3-2/h1H,2H2;1,3H,2H3. The molecule has 1 rings (SSSR count). The Labute approximate surface area is 39.2 Å². The third kappa shape index (κ3) is 92.9. The number of hydrogen-bond acceptors (Lipinski definition) is 0. The summed E-state index contributed by atoms with van der Waals surface area (Å²) in [5.74, 6) is 0. The lowest BCUT2D eigenvalue weighted by atomic mass is 10.8. The van der Waals surface area contributed by atoms with E-state index in [9.17, 15) is 0 Å². The molecule has 0 heteroatoms. The Morgan fingerprint density at radius 2 is 2.17 bits per heavy atom. The molecule has 6 heavy (non-hydrogen) atoms. The summed E-state index contributed by atoms with van der Waals surface area (Å²) in [7, 11) is 0. The van der Waals surface area contributed by atoms with Gasteiger partial charge in [-0.15, -0.1) is 0 Å². The average Bonchev–Trinajstić information content (AvgIpc) is 2.11. The molecule has 0 bridgehead atoms. The van der Waals surface area contributed by atoms with Crippen molar-refractivity contribution in [2.75, 3.05) is 0 Å². The summed E-state index contributed by atoms with van der Waals surface area (Å²) >= 11 is 0. The molecular weight excluding hydrogens is 72.1 g/mol. The van der Waals surface area contributed by atoms with Gasteiger partial charge >= 0.3 is 0 Å². The Bertz CT molecular complexity index is 47.1. The Hall–Kier alpha value is -0.520. The summed E-state index contributed by atoms with van der Waals surface area (Å²) in [6, 6.07) is 0. The highest BCUT2D eigenvalue weighted by Crippen LogP contribution is 1.94. The third-order valence-corrected chi connectivity index (χ3v) is 0.204. The van der Waals surface area contributed by atoms with Crippen LogP contribution in [0.15, 0.2) is 12.2 Å². The molecule has 0 aromatic heterocycles. The lowest BCUT2D eigenvalue weighted by molar-refractivity contribution is 1.67. The first-order valence-electron chi connectivity index (χ1n) is 1.96. The third-order valence-electron chi connectivity index (χ3n) is 0.204. The van der Waals surface area contributed by atoms with E-state index in [1.54, 1.807) is 6.92 Å². The molecule has 0 N–H and O–H groups in total. The monoisotopic (exact) mass is 80.1 g/mol. The van der Waals surface area contributed by atoms with Crippen LogP contribution in [0.3, 0.4) is 0 Å². The Morgan fingerprint density at radius 3 is 2.17 bits per heavy atom. The molecule has 1 aliphatic carbocycles. The predicted molar refractivity (Wildman–Crippen MR) is 27.0 cm³/mol. The van der Waals surface area contributed by atoms with Crippen molar-refractivity contribution in [3.63, 3.8) is 0 Å². The maximum atomic E-state index is 4.72. The van der Waals surface area contributed by atoms with Crippen molar-refractivity contribution in [2.24, 2.45) is 0 Å². The summed E-state index contributed by atoms with van der Waals surface area (Å²) in [5, 5.41) is 0. The minimum Gasteiger partial charge on any atom is -0.0877 e. The second-order valence-electron chi connectivity index (χ2n) is 0.946. The van der Waals surface area contributed by atoms with E-state index in [0.29, 0.717) is 0 Å². The molecular formula is C6H8. The number of hydrogen-bond donors (Lipinski definition) is 0. The Morgan fingerprint density at radius 1 is 2.00 bits per heavy atom. The molecule has 0 aromatic rings. The van der Waals surface area contributed by atoms with E-state index in [2.05, 4.69) is 6.08 Å². The predicted octanol–water partition coefficient (Wildman–Crippen LogP) is 1.74. The molecule has 0 aliphatic heterocycles. The topological polar surface area (TPSA) is 0 Å². The maximum absolute atomic E-state index is 4.72. The molecule has 1 aliphatic rings. The van der Waals surface area contributed by atoms with Gasteiger partial charge in [-0.25, -0.2) is 0 Å². The lowest BCUT2D eigenvalue weighted by Crippen LogP contribution is -1.09. The quantitative estimate of drug-likeness (QED) is 0.416. The van der Waals surface area contributed by atoms with Crippen LogP contribution in [0, 0.1) is 12.7 Å². The summed E-state index contributed by atoms with van der Waals surface area (Å²) in [6.07, 6.45) is 7.50. The Balaban J connectivity index is 0.0000000833. The molecule has 0 saturated carbocycles. The molecule has 0 nitrogen and oxygen atoms in total. The van der Waals surface area contributed by atoms with Crippen LogP contribution >= 0.6 is 0 Å². The summed E-state index contributed by atoms with van der Waals surface area (Å²) < 4.78 is 0. The van der Waals surface area contributed by atoms with Gasteiger partial charge in [0, 0.05) is 0 Å². The molecule has 0 heterocycles. The maximum Gasteiger partial charge on any atom is -0.00917 e. The molecule has 2 radical (unpaired) electrons. The SMILES string of the molecule is [CH]=CC.[C]1=CC1.